The minimum Gasteiger partial charge on any atom is -0.385 e. The highest BCUT2D eigenvalue weighted by molar-refractivity contribution is 4.68. The van der Waals surface area contributed by atoms with Crippen LogP contribution in [0.15, 0.2) is 0 Å². The van der Waals surface area contributed by atoms with Crippen LogP contribution in [0, 0.1) is 6.42 Å². The normalized spacial score (nSPS) is 13.2. The van der Waals surface area contributed by atoms with Gasteiger partial charge in [-0.25, -0.2) is 0 Å². The van der Waals surface area contributed by atoms with Crippen molar-refractivity contribution in [3.05, 3.63) is 6.42 Å². The highest BCUT2D eigenvalue weighted by Crippen LogP contribution is 2.05. The van der Waals surface area contributed by atoms with Gasteiger partial charge in [-0.05, 0) is 26.2 Å². The topological polar surface area (TPSA) is 18.5 Å². The van der Waals surface area contributed by atoms with E-state index in [2.05, 4.69) is 13.3 Å². The molecule has 1 radical (unpaired) electrons. The van der Waals surface area contributed by atoms with E-state index in [0.717, 1.165) is 19.4 Å². The van der Waals surface area contributed by atoms with Crippen molar-refractivity contribution in [3.8, 4) is 0 Å². The van der Waals surface area contributed by atoms with Crippen molar-refractivity contribution in [1.82, 2.24) is 0 Å². The number of hydrogen-bond donors (Lipinski definition) is 0. The highest BCUT2D eigenvalue weighted by atomic mass is 16.5. The van der Waals surface area contributed by atoms with Gasteiger partial charge in [0, 0.05) is 20.8 Å². The standard InChI is InChI=1S/C10H21O2/c1-10(12-3)8-6-4-5-7-9-11-2/h6,10H,4-5,7-9H2,1-3H3. The molecule has 0 aliphatic carbocycles. The minimum atomic E-state index is 0.368. The number of hydrogen-bond acceptors (Lipinski definition) is 2. The predicted octanol–water partition coefficient (Wildman–Crippen LogP) is 2.43. The lowest BCUT2D eigenvalue weighted by Gasteiger charge is -2.07. The summed E-state index contributed by atoms with van der Waals surface area (Å²) in [6.07, 6.45) is 7.29. The van der Waals surface area contributed by atoms with Crippen molar-refractivity contribution in [1.29, 1.82) is 0 Å². The van der Waals surface area contributed by atoms with Crippen molar-refractivity contribution in [2.75, 3.05) is 20.8 Å². The van der Waals surface area contributed by atoms with E-state index in [1.165, 1.54) is 12.8 Å². The van der Waals surface area contributed by atoms with Gasteiger partial charge in [0.05, 0.1) is 6.10 Å². The molecule has 0 aromatic rings. The predicted molar refractivity (Wildman–Crippen MR) is 51.1 cm³/mol. The van der Waals surface area contributed by atoms with Crippen molar-refractivity contribution in [3.63, 3.8) is 0 Å². The summed E-state index contributed by atoms with van der Waals surface area (Å²) in [7, 11) is 3.50. The van der Waals surface area contributed by atoms with Gasteiger partial charge in [-0.2, -0.15) is 0 Å². The Hall–Kier alpha value is -0.0800. The van der Waals surface area contributed by atoms with Gasteiger partial charge in [-0.15, -0.1) is 0 Å². The monoisotopic (exact) mass is 173 g/mol. The minimum absolute atomic E-state index is 0.368. The average molecular weight is 173 g/mol. The average Bonchev–Trinajstić information content (AvgIpc) is 2.10. The Kier molecular flexibility index (Phi) is 8.95. The van der Waals surface area contributed by atoms with Crippen LogP contribution < -0.4 is 0 Å². The Bertz CT molecular complexity index is 83.9. The molecule has 0 N–H and O–H groups in total. The molecule has 0 saturated carbocycles. The van der Waals surface area contributed by atoms with E-state index in [1.54, 1.807) is 14.2 Å². The molecule has 0 aliphatic rings. The van der Waals surface area contributed by atoms with Gasteiger partial charge >= 0.3 is 0 Å². The molecule has 2 heteroatoms. The molecular weight excluding hydrogens is 152 g/mol. The second kappa shape index (κ2) is 9.01. The first-order valence-electron chi connectivity index (χ1n) is 4.64. The van der Waals surface area contributed by atoms with Crippen LogP contribution in [0.3, 0.4) is 0 Å². The molecule has 0 spiro atoms. The zero-order valence-corrected chi connectivity index (χ0v) is 8.51. The Balaban J connectivity index is 2.90. The fraction of sp³-hybridized carbons (Fsp3) is 0.900. The molecule has 0 bridgehead atoms. The molecule has 0 saturated heterocycles. The van der Waals surface area contributed by atoms with Crippen molar-refractivity contribution >= 4 is 0 Å². The van der Waals surface area contributed by atoms with Crippen LogP contribution in [0.2, 0.25) is 0 Å². The number of methoxy groups -OCH3 is 2. The third-order valence-electron chi connectivity index (χ3n) is 1.91. The highest BCUT2D eigenvalue weighted by Gasteiger charge is 1.98. The van der Waals surface area contributed by atoms with Crippen LogP contribution in [0.5, 0.6) is 0 Å². The van der Waals surface area contributed by atoms with E-state index in [4.69, 9.17) is 9.47 Å². The van der Waals surface area contributed by atoms with Gasteiger partial charge in [0.1, 0.15) is 0 Å². The molecule has 0 fully saturated rings. The lowest BCUT2D eigenvalue weighted by Crippen LogP contribution is -2.04. The zero-order valence-electron chi connectivity index (χ0n) is 8.51. The number of rotatable bonds is 8. The molecule has 0 amide bonds. The lowest BCUT2D eigenvalue weighted by atomic mass is 10.1. The second-order valence-electron chi connectivity index (χ2n) is 3.06. The fourth-order valence-electron chi connectivity index (χ4n) is 0.984. The van der Waals surface area contributed by atoms with Crippen LogP contribution in [-0.4, -0.2) is 26.9 Å². The van der Waals surface area contributed by atoms with Crippen molar-refractivity contribution in [2.45, 2.75) is 38.7 Å². The fourth-order valence-corrected chi connectivity index (χ4v) is 0.984. The van der Waals surface area contributed by atoms with Crippen molar-refractivity contribution in [2.24, 2.45) is 0 Å². The summed E-state index contributed by atoms with van der Waals surface area (Å²) in [6, 6.07) is 0. The van der Waals surface area contributed by atoms with E-state index >= 15 is 0 Å². The van der Waals surface area contributed by atoms with Gasteiger partial charge in [0.2, 0.25) is 0 Å². The summed E-state index contributed by atoms with van der Waals surface area (Å²) in [6.45, 7) is 2.97. The van der Waals surface area contributed by atoms with Gasteiger partial charge in [-0.1, -0.05) is 12.8 Å². The van der Waals surface area contributed by atoms with E-state index in [1.807, 2.05) is 0 Å². The Morgan fingerprint density at radius 2 is 2.00 bits per heavy atom. The maximum Gasteiger partial charge on any atom is 0.0546 e. The number of unbranched alkanes of at least 4 members (excludes halogenated alkanes) is 3. The maximum absolute atomic E-state index is 5.12. The zero-order chi connectivity index (χ0) is 9.23. The molecule has 12 heavy (non-hydrogen) atoms. The molecule has 2 nitrogen and oxygen atoms in total. The summed E-state index contributed by atoms with van der Waals surface area (Å²) in [5, 5.41) is 0. The van der Waals surface area contributed by atoms with Crippen molar-refractivity contribution < 1.29 is 9.47 Å². The molecule has 0 aliphatic heterocycles. The van der Waals surface area contributed by atoms with Gasteiger partial charge in [0.15, 0.2) is 0 Å². The van der Waals surface area contributed by atoms with Gasteiger partial charge in [-0.3, -0.25) is 0 Å². The molecule has 1 atom stereocenters. The molecule has 1 unspecified atom stereocenters. The van der Waals surface area contributed by atoms with Gasteiger partial charge in [0.25, 0.3) is 0 Å². The first-order chi connectivity index (χ1) is 5.81. The van der Waals surface area contributed by atoms with Crippen LogP contribution >= 0.6 is 0 Å². The molecule has 0 heterocycles. The molecule has 0 aromatic carbocycles. The summed E-state index contributed by atoms with van der Waals surface area (Å²) < 4.78 is 10.1. The summed E-state index contributed by atoms with van der Waals surface area (Å²) in [4.78, 5) is 0. The second-order valence-corrected chi connectivity index (χ2v) is 3.06. The van der Waals surface area contributed by atoms with Crippen LogP contribution in [0.4, 0.5) is 0 Å². The summed E-state index contributed by atoms with van der Waals surface area (Å²) in [5.41, 5.74) is 0. The van der Waals surface area contributed by atoms with E-state index in [0.29, 0.717) is 6.10 Å². The van der Waals surface area contributed by atoms with E-state index in [-0.39, 0.29) is 0 Å². The first-order valence-corrected chi connectivity index (χ1v) is 4.64. The number of ether oxygens (including phenoxy) is 2. The van der Waals surface area contributed by atoms with Gasteiger partial charge < -0.3 is 9.47 Å². The summed E-state index contributed by atoms with van der Waals surface area (Å²) >= 11 is 0. The SMILES string of the molecule is COCCCC[CH]CC(C)OC. The van der Waals surface area contributed by atoms with Crippen LogP contribution in [0.25, 0.3) is 0 Å². The Morgan fingerprint density at radius 1 is 1.25 bits per heavy atom. The largest absolute Gasteiger partial charge is 0.385 e. The molecule has 0 aromatic heterocycles. The molecular formula is C10H21O2. The summed E-state index contributed by atoms with van der Waals surface area (Å²) in [5.74, 6) is 0. The van der Waals surface area contributed by atoms with Crippen LogP contribution in [-0.2, 0) is 9.47 Å². The first kappa shape index (κ1) is 11.9. The maximum atomic E-state index is 5.12. The third kappa shape index (κ3) is 8.02. The molecule has 73 valence electrons. The smallest absolute Gasteiger partial charge is 0.0546 e. The van der Waals surface area contributed by atoms with E-state index < -0.39 is 0 Å². The Morgan fingerprint density at radius 3 is 2.58 bits per heavy atom. The lowest BCUT2D eigenvalue weighted by molar-refractivity contribution is 0.117. The Labute approximate surface area is 76.3 Å². The third-order valence-corrected chi connectivity index (χ3v) is 1.91. The quantitative estimate of drug-likeness (QED) is 0.525. The molecule has 0 rings (SSSR count). The van der Waals surface area contributed by atoms with Crippen LogP contribution in [0.1, 0.15) is 32.6 Å². The van der Waals surface area contributed by atoms with E-state index in [9.17, 15) is 0 Å².